The lowest BCUT2D eigenvalue weighted by Gasteiger charge is -2.10. The number of hydrogen-bond donors (Lipinski definition) is 0. The van der Waals surface area contributed by atoms with Crippen molar-refractivity contribution in [3.05, 3.63) is 121 Å². The number of hydrogen-bond acceptors (Lipinski definition) is 3. The molecule has 0 saturated carbocycles. The van der Waals surface area contributed by atoms with Gasteiger partial charge in [0.15, 0.2) is 5.82 Å². The molecule has 0 amide bonds. The van der Waals surface area contributed by atoms with Crippen LogP contribution in [0.1, 0.15) is 0 Å². The zero-order valence-electron chi connectivity index (χ0n) is 16.8. The minimum atomic E-state index is 0.514. The molecule has 0 aliphatic carbocycles. The molecule has 5 rings (SSSR count). The minimum absolute atomic E-state index is 0.514. The largest absolute Gasteiger partial charge is 0.439 e. The Kier molecular flexibility index (Phi) is 5.23. The van der Waals surface area contributed by atoms with Crippen LogP contribution in [0.25, 0.3) is 33.8 Å². The van der Waals surface area contributed by atoms with E-state index < -0.39 is 0 Å². The van der Waals surface area contributed by atoms with Gasteiger partial charge in [0.05, 0.1) is 5.69 Å². The average molecular weight is 400 g/mol. The molecule has 0 spiro atoms. The van der Waals surface area contributed by atoms with Crippen LogP contribution in [0.15, 0.2) is 121 Å². The predicted molar refractivity (Wildman–Crippen MR) is 125 cm³/mol. The van der Waals surface area contributed by atoms with Crippen molar-refractivity contribution in [1.82, 2.24) is 9.97 Å². The fourth-order valence-corrected chi connectivity index (χ4v) is 3.42. The zero-order valence-corrected chi connectivity index (χ0v) is 16.8. The van der Waals surface area contributed by atoms with Crippen molar-refractivity contribution in [2.75, 3.05) is 0 Å². The lowest BCUT2D eigenvalue weighted by Crippen LogP contribution is -1.96. The van der Waals surface area contributed by atoms with E-state index in [0.717, 1.165) is 28.1 Å². The summed E-state index contributed by atoms with van der Waals surface area (Å²) in [5.74, 6) is 1.88. The van der Waals surface area contributed by atoms with Gasteiger partial charge >= 0.3 is 0 Å². The van der Waals surface area contributed by atoms with Gasteiger partial charge in [0.2, 0.25) is 5.88 Å². The van der Waals surface area contributed by atoms with E-state index in [-0.39, 0.29) is 0 Å². The Bertz CT molecular complexity index is 1210. The highest BCUT2D eigenvalue weighted by molar-refractivity contribution is 5.66. The smallest absolute Gasteiger partial charge is 0.223 e. The van der Waals surface area contributed by atoms with Gasteiger partial charge in [-0.1, -0.05) is 103 Å². The Hall–Kier alpha value is -4.24. The first kappa shape index (κ1) is 18.8. The third kappa shape index (κ3) is 4.36. The molecule has 3 heteroatoms. The van der Waals surface area contributed by atoms with Crippen LogP contribution in [0.4, 0.5) is 0 Å². The normalized spacial score (nSPS) is 10.6. The second-order valence-corrected chi connectivity index (χ2v) is 7.14. The van der Waals surface area contributed by atoms with E-state index in [1.54, 1.807) is 0 Å². The monoisotopic (exact) mass is 400 g/mol. The molecule has 0 atom stereocenters. The molecular weight excluding hydrogens is 380 g/mol. The SMILES string of the molecule is c1ccc(-c2ccc(Oc3cc(-c4ccccc4)nc(-c4ccccc4)n3)cc2)cc1. The van der Waals surface area contributed by atoms with E-state index in [4.69, 9.17) is 9.72 Å². The summed E-state index contributed by atoms with van der Waals surface area (Å²) in [6, 6.07) is 40.2. The van der Waals surface area contributed by atoms with Crippen LogP contribution in [-0.4, -0.2) is 9.97 Å². The Morgan fingerprint density at radius 3 is 1.58 bits per heavy atom. The second-order valence-electron chi connectivity index (χ2n) is 7.14. The fraction of sp³-hybridized carbons (Fsp3) is 0. The summed E-state index contributed by atoms with van der Waals surface area (Å²) in [6.45, 7) is 0. The summed E-state index contributed by atoms with van der Waals surface area (Å²) in [4.78, 5) is 9.45. The number of ether oxygens (including phenoxy) is 1. The lowest BCUT2D eigenvalue weighted by molar-refractivity contribution is 0.463. The summed E-state index contributed by atoms with van der Waals surface area (Å²) < 4.78 is 6.14. The molecule has 31 heavy (non-hydrogen) atoms. The molecule has 0 fully saturated rings. The van der Waals surface area contributed by atoms with E-state index in [9.17, 15) is 0 Å². The quantitative estimate of drug-likeness (QED) is 0.311. The van der Waals surface area contributed by atoms with E-state index in [1.165, 1.54) is 5.56 Å². The average Bonchev–Trinajstić information content (AvgIpc) is 2.86. The minimum Gasteiger partial charge on any atom is -0.439 e. The van der Waals surface area contributed by atoms with Gasteiger partial charge in [0.25, 0.3) is 0 Å². The summed E-state index contributed by atoms with van der Waals surface area (Å²) in [6.07, 6.45) is 0. The molecule has 0 aliphatic heterocycles. The van der Waals surface area contributed by atoms with Crippen LogP contribution in [0.5, 0.6) is 11.6 Å². The van der Waals surface area contributed by atoms with Gasteiger partial charge in [-0.05, 0) is 23.3 Å². The molecule has 0 unspecified atom stereocenters. The maximum atomic E-state index is 6.14. The fourth-order valence-electron chi connectivity index (χ4n) is 3.42. The Labute approximate surface area is 181 Å². The first-order valence-corrected chi connectivity index (χ1v) is 10.2. The van der Waals surface area contributed by atoms with Gasteiger partial charge in [-0.25, -0.2) is 4.98 Å². The van der Waals surface area contributed by atoms with Crippen LogP contribution in [0, 0.1) is 0 Å². The van der Waals surface area contributed by atoms with Gasteiger partial charge < -0.3 is 4.74 Å². The van der Waals surface area contributed by atoms with Gasteiger partial charge in [0, 0.05) is 17.2 Å². The molecule has 5 aromatic rings. The maximum absolute atomic E-state index is 6.14. The van der Waals surface area contributed by atoms with Crippen LogP contribution in [-0.2, 0) is 0 Å². The molecule has 148 valence electrons. The first-order chi connectivity index (χ1) is 15.3. The summed E-state index contributed by atoms with van der Waals surface area (Å²) in [7, 11) is 0. The highest BCUT2D eigenvalue weighted by atomic mass is 16.5. The first-order valence-electron chi connectivity index (χ1n) is 10.2. The van der Waals surface area contributed by atoms with Gasteiger partial charge in [-0.2, -0.15) is 4.98 Å². The predicted octanol–water partition coefficient (Wildman–Crippen LogP) is 7.27. The molecule has 1 aromatic heterocycles. The number of aromatic nitrogens is 2. The summed E-state index contributed by atoms with van der Waals surface area (Å²) in [5.41, 5.74) is 5.11. The number of nitrogens with zero attached hydrogens (tertiary/aromatic N) is 2. The molecule has 0 radical (unpaired) electrons. The van der Waals surface area contributed by atoms with Crippen molar-refractivity contribution in [2.24, 2.45) is 0 Å². The van der Waals surface area contributed by atoms with Crippen molar-refractivity contribution >= 4 is 0 Å². The van der Waals surface area contributed by atoms with Crippen LogP contribution in [0.2, 0.25) is 0 Å². The second kappa shape index (κ2) is 8.64. The van der Waals surface area contributed by atoms with Gasteiger partial charge in [-0.15, -0.1) is 0 Å². The van der Waals surface area contributed by atoms with Gasteiger partial charge in [0.1, 0.15) is 5.75 Å². The van der Waals surface area contributed by atoms with Crippen molar-refractivity contribution < 1.29 is 4.74 Å². The van der Waals surface area contributed by atoms with E-state index in [2.05, 4.69) is 29.2 Å². The molecule has 3 nitrogen and oxygen atoms in total. The Morgan fingerprint density at radius 2 is 0.968 bits per heavy atom. The summed E-state index contributed by atoms with van der Waals surface area (Å²) >= 11 is 0. The number of benzene rings is 4. The maximum Gasteiger partial charge on any atom is 0.223 e. The third-order valence-corrected chi connectivity index (χ3v) is 4.99. The topological polar surface area (TPSA) is 35.0 Å². The van der Waals surface area contributed by atoms with E-state index >= 15 is 0 Å². The number of rotatable bonds is 5. The lowest BCUT2D eigenvalue weighted by atomic mass is 10.1. The van der Waals surface area contributed by atoms with Crippen molar-refractivity contribution in [2.45, 2.75) is 0 Å². The zero-order chi connectivity index (χ0) is 20.9. The molecule has 4 aromatic carbocycles. The molecule has 0 bridgehead atoms. The van der Waals surface area contributed by atoms with Crippen molar-refractivity contribution in [3.8, 4) is 45.4 Å². The van der Waals surface area contributed by atoms with Crippen LogP contribution >= 0.6 is 0 Å². The van der Waals surface area contributed by atoms with Crippen LogP contribution < -0.4 is 4.74 Å². The molecule has 1 heterocycles. The van der Waals surface area contributed by atoms with Crippen molar-refractivity contribution in [3.63, 3.8) is 0 Å². The van der Waals surface area contributed by atoms with E-state index in [1.807, 2.05) is 97.1 Å². The third-order valence-electron chi connectivity index (χ3n) is 4.99. The molecular formula is C28H20N2O. The van der Waals surface area contributed by atoms with Crippen molar-refractivity contribution in [1.29, 1.82) is 0 Å². The standard InChI is InChI=1S/C28H20N2O/c1-4-10-21(11-5-1)22-16-18-25(19-17-22)31-27-20-26(23-12-6-2-7-13-23)29-28(30-27)24-14-8-3-9-15-24/h1-20H. The van der Waals surface area contributed by atoms with E-state index in [0.29, 0.717) is 11.7 Å². The van der Waals surface area contributed by atoms with Gasteiger partial charge in [-0.3, -0.25) is 0 Å². The van der Waals surface area contributed by atoms with Crippen LogP contribution in [0.3, 0.4) is 0 Å². The highest BCUT2D eigenvalue weighted by Gasteiger charge is 2.10. The highest BCUT2D eigenvalue weighted by Crippen LogP contribution is 2.29. The Balaban J connectivity index is 1.49. The molecule has 0 N–H and O–H groups in total. The summed E-state index contributed by atoms with van der Waals surface area (Å²) in [5, 5.41) is 0. The molecule has 0 aliphatic rings. The molecule has 0 saturated heterocycles. The Morgan fingerprint density at radius 1 is 0.452 bits per heavy atom.